The van der Waals surface area contributed by atoms with Gasteiger partial charge in [-0.3, -0.25) is 14.6 Å². The normalized spacial score (nSPS) is 21.4. The zero-order valence-corrected chi connectivity index (χ0v) is 15.2. The third-order valence-corrected chi connectivity index (χ3v) is 5.75. The number of primary amides is 1. The van der Waals surface area contributed by atoms with Crippen molar-refractivity contribution in [2.24, 2.45) is 16.1 Å². The van der Waals surface area contributed by atoms with Crippen LogP contribution < -0.4 is 11.1 Å². The first kappa shape index (κ1) is 17.5. The van der Waals surface area contributed by atoms with E-state index in [0.717, 1.165) is 36.1 Å². The van der Waals surface area contributed by atoms with Gasteiger partial charge in [0.25, 0.3) is 0 Å². The third kappa shape index (κ3) is 3.03. The standard InChI is InChI=1S/C22H23N3O2/c23-21(27)22(13-7-2-8-14-22)19-20(26)24-17-12-6-5-11-16(17)18(25-19)15-9-3-1-4-10-15/h1,3-6,9-12,19H,2,7-8,13-14H2,(H2,23,27)(H,24,26). The summed E-state index contributed by atoms with van der Waals surface area (Å²) in [6, 6.07) is 16.6. The van der Waals surface area contributed by atoms with Crippen molar-refractivity contribution in [3.05, 3.63) is 65.7 Å². The minimum absolute atomic E-state index is 0.255. The number of carbonyl (C=O) groups is 2. The Morgan fingerprint density at radius 2 is 1.67 bits per heavy atom. The summed E-state index contributed by atoms with van der Waals surface area (Å²) in [7, 11) is 0. The summed E-state index contributed by atoms with van der Waals surface area (Å²) in [6.45, 7) is 0. The number of amides is 2. The van der Waals surface area contributed by atoms with Gasteiger partial charge in [0.2, 0.25) is 11.8 Å². The summed E-state index contributed by atoms with van der Waals surface area (Å²) in [6.07, 6.45) is 4.02. The quantitative estimate of drug-likeness (QED) is 0.879. The average molecular weight is 361 g/mol. The van der Waals surface area contributed by atoms with Gasteiger partial charge < -0.3 is 11.1 Å². The smallest absolute Gasteiger partial charge is 0.250 e. The monoisotopic (exact) mass is 361 g/mol. The van der Waals surface area contributed by atoms with Crippen LogP contribution in [0.1, 0.15) is 43.2 Å². The second-order valence-electron chi connectivity index (χ2n) is 7.36. The molecule has 1 saturated carbocycles. The van der Waals surface area contributed by atoms with Gasteiger partial charge in [-0.1, -0.05) is 67.8 Å². The van der Waals surface area contributed by atoms with Crippen molar-refractivity contribution in [2.45, 2.75) is 38.1 Å². The number of rotatable bonds is 3. The van der Waals surface area contributed by atoms with E-state index in [1.54, 1.807) is 0 Å². The number of benzodiazepines with no additional fused rings is 1. The first-order chi connectivity index (χ1) is 13.1. The van der Waals surface area contributed by atoms with Crippen molar-refractivity contribution in [1.82, 2.24) is 0 Å². The molecule has 2 aliphatic rings. The number of carbonyl (C=O) groups excluding carboxylic acids is 2. The number of benzene rings is 2. The van der Waals surface area contributed by atoms with Crippen molar-refractivity contribution < 1.29 is 9.59 Å². The molecule has 1 fully saturated rings. The molecule has 0 bridgehead atoms. The number of hydrogen-bond acceptors (Lipinski definition) is 3. The molecule has 138 valence electrons. The molecule has 1 aliphatic heterocycles. The second kappa shape index (κ2) is 6.99. The van der Waals surface area contributed by atoms with Gasteiger partial charge >= 0.3 is 0 Å². The van der Waals surface area contributed by atoms with E-state index in [4.69, 9.17) is 10.7 Å². The fraction of sp³-hybridized carbons (Fsp3) is 0.318. The second-order valence-corrected chi connectivity index (χ2v) is 7.36. The maximum Gasteiger partial charge on any atom is 0.250 e. The van der Waals surface area contributed by atoms with Crippen LogP contribution in [0.4, 0.5) is 5.69 Å². The lowest BCUT2D eigenvalue weighted by molar-refractivity contribution is -0.136. The van der Waals surface area contributed by atoms with Gasteiger partial charge in [-0.25, -0.2) is 0 Å². The van der Waals surface area contributed by atoms with Crippen LogP contribution in [0.2, 0.25) is 0 Å². The lowest BCUT2D eigenvalue weighted by atomic mass is 9.68. The predicted octanol–water partition coefficient (Wildman–Crippen LogP) is 3.28. The van der Waals surface area contributed by atoms with E-state index in [9.17, 15) is 9.59 Å². The van der Waals surface area contributed by atoms with Crippen LogP contribution in [-0.4, -0.2) is 23.6 Å². The van der Waals surface area contributed by atoms with Crippen molar-refractivity contribution in [3.63, 3.8) is 0 Å². The Morgan fingerprint density at radius 1 is 1.00 bits per heavy atom. The van der Waals surface area contributed by atoms with E-state index in [1.165, 1.54) is 0 Å². The van der Waals surface area contributed by atoms with Crippen LogP contribution >= 0.6 is 0 Å². The highest BCUT2D eigenvalue weighted by atomic mass is 16.2. The number of hydrogen-bond donors (Lipinski definition) is 2. The Bertz CT molecular complexity index is 899. The molecule has 2 amide bonds. The zero-order chi connectivity index (χ0) is 18.9. The summed E-state index contributed by atoms with van der Waals surface area (Å²) in [5.74, 6) is -0.682. The van der Waals surface area contributed by atoms with Gasteiger partial charge in [-0.2, -0.15) is 0 Å². The molecular formula is C22H23N3O2. The third-order valence-electron chi connectivity index (χ3n) is 5.75. The topological polar surface area (TPSA) is 84.6 Å². The van der Waals surface area contributed by atoms with Crippen molar-refractivity contribution >= 4 is 23.2 Å². The highest BCUT2D eigenvalue weighted by Gasteiger charge is 2.49. The van der Waals surface area contributed by atoms with Gasteiger partial charge in [0.15, 0.2) is 0 Å². The van der Waals surface area contributed by atoms with E-state index < -0.39 is 17.4 Å². The van der Waals surface area contributed by atoms with Crippen LogP contribution in [0.15, 0.2) is 59.6 Å². The summed E-state index contributed by atoms with van der Waals surface area (Å²) < 4.78 is 0. The number of nitrogens with one attached hydrogen (secondary N) is 1. The first-order valence-electron chi connectivity index (χ1n) is 9.45. The number of para-hydroxylation sites is 1. The van der Waals surface area contributed by atoms with Gasteiger partial charge in [0.1, 0.15) is 6.04 Å². The Labute approximate surface area is 158 Å². The summed E-state index contributed by atoms with van der Waals surface area (Å²) in [5, 5.41) is 2.99. The number of nitrogens with zero attached hydrogens (tertiary/aromatic N) is 1. The maximum atomic E-state index is 13.1. The first-order valence-corrected chi connectivity index (χ1v) is 9.45. The molecular weight excluding hydrogens is 338 g/mol. The molecule has 5 nitrogen and oxygen atoms in total. The number of fused-ring (bicyclic) bond motifs is 1. The molecule has 1 aliphatic carbocycles. The molecule has 1 unspecified atom stereocenters. The Hall–Kier alpha value is -2.95. The van der Waals surface area contributed by atoms with Crippen LogP contribution in [0.3, 0.4) is 0 Å². The lowest BCUT2D eigenvalue weighted by Crippen LogP contribution is -2.51. The van der Waals surface area contributed by atoms with Gasteiger partial charge in [0.05, 0.1) is 16.8 Å². The van der Waals surface area contributed by atoms with Crippen molar-refractivity contribution in [2.75, 3.05) is 5.32 Å². The minimum atomic E-state index is -0.926. The SMILES string of the molecule is NC(=O)C1(C2N=C(c3ccccc3)c3ccccc3NC2=O)CCCCC1. The minimum Gasteiger partial charge on any atom is -0.369 e. The number of aliphatic imine (C=N–C) groups is 1. The molecule has 27 heavy (non-hydrogen) atoms. The lowest BCUT2D eigenvalue weighted by Gasteiger charge is -2.37. The molecule has 2 aromatic carbocycles. The van der Waals surface area contributed by atoms with E-state index in [1.807, 2.05) is 54.6 Å². The van der Waals surface area contributed by atoms with Crippen LogP contribution in [-0.2, 0) is 9.59 Å². The molecule has 0 radical (unpaired) electrons. The highest BCUT2D eigenvalue weighted by molar-refractivity contribution is 6.20. The molecule has 0 spiro atoms. The summed E-state index contributed by atoms with van der Waals surface area (Å²) in [5.41, 5.74) is 8.13. The fourth-order valence-electron chi connectivity index (χ4n) is 4.29. The fourth-order valence-corrected chi connectivity index (χ4v) is 4.29. The number of anilines is 1. The zero-order valence-electron chi connectivity index (χ0n) is 15.2. The Kier molecular flexibility index (Phi) is 4.52. The average Bonchev–Trinajstić information content (AvgIpc) is 2.85. The summed E-state index contributed by atoms with van der Waals surface area (Å²) >= 11 is 0. The molecule has 0 saturated heterocycles. The van der Waals surface area contributed by atoms with Crippen molar-refractivity contribution in [3.8, 4) is 0 Å². The van der Waals surface area contributed by atoms with Crippen molar-refractivity contribution in [1.29, 1.82) is 0 Å². The largest absolute Gasteiger partial charge is 0.369 e. The van der Waals surface area contributed by atoms with E-state index in [2.05, 4.69) is 5.32 Å². The van der Waals surface area contributed by atoms with Gasteiger partial charge in [-0.15, -0.1) is 0 Å². The molecule has 1 atom stereocenters. The maximum absolute atomic E-state index is 13.1. The molecule has 5 heteroatoms. The van der Waals surface area contributed by atoms with Crippen LogP contribution in [0.5, 0.6) is 0 Å². The van der Waals surface area contributed by atoms with Crippen LogP contribution in [0.25, 0.3) is 0 Å². The number of nitrogens with two attached hydrogens (primary N) is 1. The van der Waals surface area contributed by atoms with Gasteiger partial charge in [-0.05, 0) is 18.9 Å². The Morgan fingerprint density at radius 3 is 2.37 bits per heavy atom. The summed E-state index contributed by atoms with van der Waals surface area (Å²) in [4.78, 5) is 30.5. The van der Waals surface area contributed by atoms with E-state index in [-0.39, 0.29) is 5.91 Å². The highest BCUT2D eigenvalue weighted by Crippen LogP contribution is 2.42. The van der Waals surface area contributed by atoms with Gasteiger partial charge in [0, 0.05) is 11.1 Å². The molecule has 1 heterocycles. The molecule has 0 aromatic heterocycles. The van der Waals surface area contributed by atoms with E-state index >= 15 is 0 Å². The van der Waals surface area contributed by atoms with Crippen LogP contribution in [0, 0.1) is 5.41 Å². The molecule has 2 aromatic rings. The molecule has 4 rings (SSSR count). The predicted molar refractivity (Wildman–Crippen MR) is 106 cm³/mol. The Balaban J connectivity index is 1.91. The van der Waals surface area contributed by atoms with E-state index in [0.29, 0.717) is 18.5 Å². The molecule has 3 N–H and O–H groups in total.